The fraction of sp³-hybridized carbons (Fsp3) is 0.500. The molecule has 0 amide bonds. The molecule has 1 unspecified atom stereocenters. The quantitative estimate of drug-likeness (QED) is 0.840. The summed E-state index contributed by atoms with van der Waals surface area (Å²) >= 11 is 5.59. The Hall–Kier alpha value is -0.580. The molecule has 5 heteroatoms. The largest absolute Gasteiger partial charge is 0.241 e. The zero-order valence-corrected chi connectivity index (χ0v) is 11.9. The standard InChI is InChI=1S/C12H18ClNO2S/c1-9-4-5-12(10(2)8-9)17(15,16)14-11(3)6-7-13/h4-5,8,11,14H,6-7H2,1-3H3. The zero-order valence-electron chi connectivity index (χ0n) is 10.3. The molecular formula is C12H18ClNO2S. The van der Waals surface area contributed by atoms with Crippen molar-refractivity contribution in [3.8, 4) is 0 Å². The van der Waals surface area contributed by atoms with E-state index in [9.17, 15) is 8.42 Å². The Labute approximate surface area is 108 Å². The zero-order chi connectivity index (χ0) is 13.1. The molecule has 0 radical (unpaired) electrons. The summed E-state index contributed by atoms with van der Waals surface area (Å²) in [5.74, 6) is 0.441. The summed E-state index contributed by atoms with van der Waals surface area (Å²) in [5, 5.41) is 0. The SMILES string of the molecule is Cc1ccc(S(=O)(=O)NC(C)CCCl)c(C)c1. The van der Waals surface area contributed by atoms with Crippen LogP contribution in [0.1, 0.15) is 24.5 Å². The number of rotatable bonds is 5. The molecule has 0 spiro atoms. The fourth-order valence-corrected chi connectivity index (χ4v) is 3.48. The number of hydrogen-bond donors (Lipinski definition) is 1. The van der Waals surface area contributed by atoms with E-state index in [-0.39, 0.29) is 6.04 Å². The molecule has 0 aliphatic rings. The maximum Gasteiger partial charge on any atom is 0.241 e. The van der Waals surface area contributed by atoms with E-state index in [1.54, 1.807) is 19.1 Å². The smallest absolute Gasteiger partial charge is 0.208 e. The third-order valence-electron chi connectivity index (χ3n) is 2.52. The summed E-state index contributed by atoms with van der Waals surface area (Å²) in [4.78, 5) is 0.338. The van der Waals surface area contributed by atoms with Crippen molar-refractivity contribution in [3.05, 3.63) is 29.3 Å². The Morgan fingerprint density at radius 1 is 1.35 bits per heavy atom. The average Bonchev–Trinajstić information content (AvgIpc) is 2.15. The normalized spacial score (nSPS) is 13.6. The van der Waals surface area contributed by atoms with Crippen LogP contribution in [0.2, 0.25) is 0 Å². The number of sulfonamides is 1. The number of alkyl halides is 1. The van der Waals surface area contributed by atoms with Crippen LogP contribution in [0.4, 0.5) is 0 Å². The highest BCUT2D eigenvalue weighted by Gasteiger charge is 2.18. The molecule has 96 valence electrons. The van der Waals surface area contributed by atoms with E-state index in [1.165, 1.54) is 0 Å². The molecule has 1 N–H and O–H groups in total. The molecule has 1 atom stereocenters. The molecule has 17 heavy (non-hydrogen) atoms. The van der Waals surface area contributed by atoms with E-state index in [4.69, 9.17) is 11.6 Å². The van der Waals surface area contributed by atoms with Gasteiger partial charge in [-0.25, -0.2) is 13.1 Å². The van der Waals surface area contributed by atoms with Gasteiger partial charge in [0.2, 0.25) is 10.0 Å². The second kappa shape index (κ2) is 5.85. The first-order valence-electron chi connectivity index (χ1n) is 5.52. The average molecular weight is 276 g/mol. The molecule has 1 aromatic rings. The van der Waals surface area contributed by atoms with Crippen molar-refractivity contribution in [1.82, 2.24) is 4.72 Å². The molecule has 0 heterocycles. The third-order valence-corrected chi connectivity index (χ3v) is 4.49. The molecule has 0 aromatic heterocycles. The highest BCUT2D eigenvalue weighted by molar-refractivity contribution is 7.89. The first-order chi connectivity index (χ1) is 7.86. The van der Waals surface area contributed by atoms with Crippen LogP contribution in [0.5, 0.6) is 0 Å². The van der Waals surface area contributed by atoms with Gasteiger partial charge in [-0.1, -0.05) is 17.7 Å². The minimum absolute atomic E-state index is 0.154. The van der Waals surface area contributed by atoms with Crippen molar-refractivity contribution in [1.29, 1.82) is 0 Å². The van der Waals surface area contributed by atoms with E-state index < -0.39 is 10.0 Å². The molecule has 0 aliphatic carbocycles. The van der Waals surface area contributed by atoms with Crippen LogP contribution in [-0.2, 0) is 10.0 Å². The Bertz CT molecular complexity index is 485. The van der Waals surface area contributed by atoms with Gasteiger partial charge in [0, 0.05) is 11.9 Å². The first kappa shape index (κ1) is 14.5. The third kappa shape index (κ3) is 3.98. The van der Waals surface area contributed by atoms with Gasteiger partial charge in [0.25, 0.3) is 0 Å². The van der Waals surface area contributed by atoms with Crippen LogP contribution < -0.4 is 4.72 Å². The van der Waals surface area contributed by atoms with Crippen molar-refractivity contribution >= 4 is 21.6 Å². The van der Waals surface area contributed by atoms with E-state index in [0.717, 1.165) is 11.1 Å². The second-order valence-electron chi connectivity index (χ2n) is 4.27. The molecule has 3 nitrogen and oxygen atoms in total. The van der Waals surface area contributed by atoms with E-state index in [2.05, 4.69) is 4.72 Å². The highest BCUT2D eigenvalue weighted by Crippen LogP contribution is 2.16. The predicted molar refractivity (Wildman–Crippen MR) is 71.0 cm³/mol. The summed E-state index contributed by atoms with van der Waals surface area (Å²) in [5.41, 5.74) is 1.81. The van der Waals surface area contributed by atoms with Gasteiger partial charge in [-0.05, 0) is 38.8 Å². The summed E-state index contributed by atoms with van der Waals surface area (Å²) in [7, 11) is -3.44. The number of aryl methyl sites for hydroxylation is 2. The van der Waals surface area contributed by atoms with E-state index >= 15 is 0 Å². The number of benzene rings is 1. The van der Waals surface area contributed by atoms with Crippen LogP contribution in [0.25, 0.3) is 0 Å². The Morgan fingerprint density at radius 3 is 2.53 bits per heavy atom. The minimum atomic E-state index is -3.44. The molecule has 0 saturated carbocycles. The van der Waals surface area contributed by atoms with Crippen molar-refractivity contribution in [2.75, 3.05) is 5.88 Å². The monoisotopic (exact) mass is 275 g/mol. The summed E-state index contributed by atoms with van der Waals surface area (Å²) < 4.78 is 26.8. The maximum atomic E-state index is 12.1. The van der Waals surface area contributed by atoms with Crippen LogP contribution >= 0.6 is 11.6 Å². The Balaban J connectivity index is 2.97. The lowest BCUT2D eigenvalue weighted by Gasteiger charge is -2.14. The number of hydrogen-bond acceptors (Lipinski definition) is 2. The number of nitrogens with one attached hydrogen (secondary N) is 1. The lowest BCUT2D eigenvalue weighted by Crippen LogP contribution is -2.33. The van der Waals surface area contributed by atoms with E-state index in [0.29, 0.717) is 17.2 Å². The highest BCUT2D eigenvalue weighted by atomic mass is 35.5. The second-order valence-corrected chi connectivity index (χ2v) is 6.33. The predicted octanol–water partition coefficient (Wildman–Crippen LogP) is 2.60. The van der Waals surface area contributed by atoms with Gasteiger partial charge in [-0.3, -0.25) is 0 Å². The maximum absolute atomic E-state index is 12.1. The Morgan fingerprint density at radius 2 is 2.00 bits per heavy atom. The van der Waals surface area contributed by atoms with Gasteiger partial charge >= 0.3 is 0 Å². The van der Waals surface area contributed by atoms with Crippen LogP contribution in [0.3, 0.4) is 0 Å². The number of halogens is 1. The van der Waals surface area contributed by atoms with Crippen molar-refractivity contribution in [2.45, 2.75) is 38.1 Å². The lowest BCUT2D eigenvalue weighted by molar-refractivity contribution is 0.556. The van der Waals surface area contributed by atoms with E-state index in [1.807, 2.05) is 19.9 Å². The van der Waals surface area contributed by atoms with Gasteiger partial charge in [-0.2, -0.15) is 0 Å². The molecule has 0 saturated heterocycles. The van der Waals surface area contributed by atoms with Crippen molar-refractivity contribution in [2.24, 2.45) is 0 Å². The van der Waals surface area contributed by atoms with Gasteiger partial charge in [0.15, 0.2) is 0 Å². The summed E-state index contributed by atoms with van der Waals surface area (Å²) in [6, 6.07) is 5.15. The van der Waals surface area contributed by atoms with Gasteiger partial charge < -0.3 is 0 Å². The molecule has 0 bridgehead atoms. The van der Waals surface area contributed by atoms with Gasteiger partial charge in [0.1, 0.15) is 0 Å². The van der Waals surface area contributed by atoms with Gasteiger partial charge in [-0.15, -0.1) is 11.6 Å². The van der Waals surface area contributed by atoms with Gasteiger partial charge in [0.05, 0.1) is 4.90 Å². The lowest BCUT2D eigenvalue weighted by atomic mass is 10.2. The van der Waals surface area contributed by atoms with Crippen LogP contribution in [0.15, 0.2) is 23.1 Å². The topological polar surface area (TPSA) is 46.2 Å². The van der Waals surface area contributed by atoms with Crippen LogP contribution in [-0.4, -0.2) is 20.3 Å². The minimum Gasteiger partial charge on any atom is -0.208 e. The molecular weight excluding hydrogens is 258 g/mol. The molecule has 1 rings (SSSR count). The fourth-order valence-electron chi connectivity index (χ4n) is 1.65. The summed E-state index contributed by atoms with van der Waals surface area (Å²) in [6.45, 7) is 5.55. The molecule has 0 fully saturated rings. The molecule has 1 aromatic carbocycles. The van der Waals surface area contributed by atoms with Crippen LogP contribution in [0, 0.1) is 13.8 Å². The van der Waals surface area contributed by atoms with Crippen molar-refractivity contribution in [3.63, 3.8) is 0 Å². The molecule has 0 aliphatic heterocycles. The first-order valence-corrected chi connectivity index (χ1v) is 7.54. The summed E-state index contributed by atoms with van der Waals surface area (Å²) in [6.07, 6.45) is 0.617. The van der Waals surface area contributed by atoms with Crippen molar-refractivity contribution < 1.29 is 8.42 Å². The Kier molecular flexibility index (Phi) is 4.98.